The minimum Gasteiger partial charge on any atom is -0.508 e. The number of nitrogens with one attached hydrogen (secondary N) is 1. The van der Waals surface area contributed by atoms with Crippen molar-refractivity contribution in [2.75, 3.05) is 39.7 Å². The third-order valence-electron chi connectivity index (χ3n) is 8.23. The molecule has 1 aromatic carbocycles. The predicted molar refractivity (Wildman–Crippen MR) is 152 cm³/mol. The molecule has 3 aliphatic carbocycles. The lowest BCUT2D eigenvalue weighted by atomic mass is 9.57. The molecule has 0 radical (unpaired) electrons. The second kappa shape index (κ2) is 11.0. The summed E-state index contributed by atoms with van der Waals surface area (Å²) in [6, 6.07) is 0.504. The van der Waals surface area contributed by atoms with Gasteiger partial charge in [-0.05, 0) is 50.4 Å². The molecule has 0 unspecified atom stereocenters. The molecule has 42 heavy (non-hydrogen) atoms. The highest BCUT2D eigenvalue weighted by atomic mass is 16.5. The van der Waals surface area contributed by atoms with Crippen LogP contribution in [0.2, 0.25) is 0 Å². The van der Waals surface area contributed by atoms with Crippen LogP contribution in [0.15, 0.2) is 23.0 Å². The lowest BCUT2D eigenvalue weighted by molar-refractivity contribution is -0.153. The average molecular weight is 587 g/mol. The smallest absolute Gasteiger partial charge is 0.407 e. The Hall–Kier alpha value is -4.10. The second-order valence-corrected chi connectivity index (χ2v) is 12.0. The molecule has 13 nitrogen and oxygen atoms in total. The van der Waals surface area contributed by atoms with Crippen molar-refractivity contribution in [1.29, 1.82) is 0 Å². The van der Waals surface area contributed by atoms with Crippen LogP contribution in [0.25, 0.3) is 5.76 Å². The molecule has 228 valence electrons. The summed E-state index contributed by atoms with van der Waals surface area (Å²) in [6.07, 6.45) is -0.551. The van der Waals surface area contributed by atoms with Gasteiger partial charge < -0.3 is 41.1 Å². The summed E-state index contributed by atoms with van der Waals surface area (Å²) < 4.78 is 5.13. The van der Waals surface area contributed by atoms with Gasteiger partial charge in [0.05, 0.1) is 18.2 Å². The van der Waals surface area contributed by atoms with Crippen molar-refractivity contribution >= 4 is 35.0 Å². The number of carbonyl (C=O) groups is 4. The Morgan fingerprint density at radius 1 is 1.17 bits per heavy atom. The monoisotopic (exact) mass is 586 g/mol. The van der Waals surface area contributed by atoms with E-state index >= 15 is 0 Å². The summed E-state index contributed by atoms with van der Waals surface area (Å²) in [6.45, 7) is 3.82. The number of likely N-dealkylation sites (N-methyl/N-ethyl adjacent to an activating group) is 1. The standard InChI is InChI=1S/C29H38N4O9/c1-12(2)11-42-28(40)31-10-14-9-17(32(3)4)15-7-13-8-16-21(33(5)6)24(36)20(27(30)39)26(38)29(16,41)25(37)18(13)23(35)19(15)22(14)34/h9,12-13,16,21,34-35,38,41H,7-8,10-11H2,1-6H3,(H2,30,39)(H,31,40)/t13-,16-,21-,29+/m1/s1. The molecule has 4 atom stereocenters. The van der Waals surface area contributed by atoms with Crippen LogP contribution in [-0.4, -0.2) is 95.3 Å². The topological polar surface area (TPSA) is 203 Å². The zero-order valence-electron chi connectivity index (χ0n) is 24.5. The molecule has 0 saturated heterocycles. The zero-order valence-corrected chi connectivity index (χ0v) is 24.5. The SMILES string of the molecule is CC(C)COC(=O)NCc1cc(N(C)C)c2c(c1O)C(O)=C1C(=O)[C@]3(O)C(O)=C(C(N)=O)C(=O)[C@H](N(C)C)[C@H]3C[C@H]1C2. The highest BCUT2D eigenvalue weighted by Gasteiger charge is 2.64. The van der Waals surface area contributed by atoms with Crippen molar-refractivity contribution in [3.8, 4) is 5.75 Å². The number of phenolic OH excluding ortho intramolecular Hbond substituents is 1. The number of hydrogen-bond acceptors (Lipinski definition) is 11. The van der Waals surface area contributed by atoms with Crippen molar-refractivity contribution in [3.63, 3.8) is 0 Å². The van der Waals surface area contributed by atoms with Crippen molar-refractivity contribution in [1.82, 2.24) is 10.2 Å². The second-order valence-electron chi connectivity index (χ2n) is 12.0. The Bertz CT molecular complexity index is 1430. The van der Waals surface area contributed by atoms with E-state index in [2.05, 4.69) is 5.32 Å². The van der Waals surface area contributed by atoms with Crippen LogP contribution in [-0.2, 0) is 32.1 Å². The van der Waals surface area contributed by atoms with E-state index in [9.17, 15) is 39.6 Å². The van der Waals surface area contributed by atoms with Crippen molar-refractivity contribution in [3.05, 3.63) is 39.7 Å². The number of aromatic hydroxyl groups is 1. The number of amides is 2. The first-order valence-corrected chi connectivity index (χ1v) is 13.6. The number of ketones is 2. The Morgan fingerprint density at radius 2 is 1.81 bits per heavy atom. The number of primary amides is 1. The predicted octanol–water partition coefficient (Wildman–Crippen LogP) is 0.912. The maximum atomic E-state index is 14.0. The fourth-order valence-electron chi connectivity index (χ4n) is 6.34. The molecule has 3 aliphatic rings. The minimum atomic E-state index is -2.72. The summed E-state index contributed by atoms with van der Waals surface area (Å²) in [5, 5.41) is 48.1. The molecular weight excluding hydrogens is 548 g/mol. The number of hydrogen-bond donors (Lipinski definition) is 6. The van der Waals surface area contributed by atoms with E-state index in [1.54, 1.807) is 39.2 Å². The Morgan fingerprint density at radius 3 is 2.36 bits per heavy atom. The van der Waals surface area contributed by atoms with Crippen LogP contribution in [0.5, 0.6) is 5.75 Å². The number of aliphatic hydroxyl groups excluding tert-OH is 2. The third-order valence-corrected chi connectivity index (χ3v) is 8.23. The molecule has 1 fully saturated rings. The van der Waals surface area contributed by atoms with E-state index in [0.29, 0.717) is 11.3 Å². The number of fused-ring (bicyclic) bond motifs is 3. The quantitative estimate of drug-likeness (QED) is 0.248. The summed E-state index contributed by atoms with van der Waals surface area (Å²) in [7, 11) is 6.61. The van der Waals surface area contributed by atoms with Gasteiger partial charge in [-0.15, -0.1) is 0 Å². The van der Waals surface area contributed by atoms with Gasteiger partial charge in [0, 0.05) is 43.4 Å². The van der Waals surface area contributed by atoms with Gasteiger partial charge in [-0.2, -0.15) is 0 Å². The van der Waals surface area contributed by atoms with Crippen LogP contribution in [0.4, 0.5) is 10.5 Å². The molecule has 0 spiro atoms. The van der Waals surface area contributed by atoms with Gasteiger partial charge in [-0.1, -0.05) is 13.8 Å². The number of benzene rings is 1. The van der Waals surface area contributed by atoms with Crippen LogP contribution in [0.1, 0.15) is 37.0 Å². The van der Waals surface area contributed by atoms with Crippen LogP contribution < -0.4 is 16.0 Å². The first kappa shape index (κ1) is 30.8. The molecule has 1 aromatic rings. The Balaban J connectivity index is 1.86. The molecule has 2 amide bonds. The molecule has 1 saturated carbocycles. The summed E-state index contributed by atoms with van der Waals surface area (Å²) in [4.78, 5) is 54.8. The van der Waals surface area contributed by atoms with Gasteiger partial charge in [-0.25, -0.2) is 4.79 Å². The number of alkyl carbamates (subject to hydrolysis) is 1. The van der Waals surface area contributed by atoms with Crippen LogP contribution >= 0.6 is 0 Å². The van der Waals surface area contributed by atoms with E-state index in [1.165, 1.54) is 4.90 Å². The van der Waals surface area contributed by atoms with Gasteiger partial charge in [0.15, 0.2) is 11.4 Å². The maximum Gasteiger partial charge on any atom is 0.407 e. The normalized spacial score (nSPS) is 25.3. The largest absolute Gasteiger partial charge is 0.508 e. The summed E-state index contributed by atoms with van der Waals surface area (Å²) in [5.74, 6) is -7.05. The van der Waals surface area contributed by atoms with Gasteiger partial charge in [0.2, 0.25) is 5.78 Å². The number of Topliss-reactive ketones (excluding diaryl/α,β-unsaturated/α-hetero) is 2. The highest BCUT2D eigenvalue weighted by Crippen LogP contribution is 2.54. The Kier molecular flexibility index (Phi) is 8.04. The molecular formula is C29H38N4O9. The van der Waals surface area contributed by atoms with E-state index in [0.717, 1.165) is 0 Å². The first-order chi connectivity index (χ1) is 19.5. The zero-order chi connectivity index (χ0) is 31.4. The number of aliphatic hydroxyl groups is 3. The summed E-state index contributed by atoms with van der Waals surface area (Å²) in [5.41, 5.74) is 2.85. The van der Waals surface area contributed by atoms with E-state index < -0.39 is 64.1 Å². The first-order valence-electron chi connectivity index (χ1n) is 13.6. The van der Waals surface area contributed by atoms with Gasteiger partial charge in [-0.3, -0.25) is 19.3 Å². The molecule has 0 bridgehead atoms. The summed E-state index contributed by atoms with van der Waals surface area (Å²) >= 11 is 0. The van der Waals surface area contributed by atoms with Gasteiger partial charge >= 0.3 is 6.09 Å². The molecule has 0 aromatic heterocycles. The van der Waals surface area contributed by atoms with Crippen molar-refractivity contribution in [2.24, 2.45) is 23.5 Å². The third kappa shape index (κ3) is 4.75. The fraction of sp³-hybridized carbons (Fsp3) is 0.517. The van der Waals surface area contributed by atoms with Crippen molar-refractivity contribution in [2.45, 2.75) is 44.9 Å². The number of rotatable bonds is 7. The van der Waals surface area contributed by atoms with Crippen molar-refractivity contribution < 1.29 is 44.3 Å². The number of ether oxygens (including phenoxy) is 1. The van der Waals surface area contributed by atoms with E-state index in [1.807, 2.05) is 13.8 Å². The lowest BCUT2D eigenvalue weighted by Gasteiger charge is -2.50. The molecule has 13 heteroatoms. The van der Waals surface area contributed by atoms with Crippen LogP contribution in [0, 0.1) is 17.8 Å². The van der Waals surface area contributed by atoms with E-state index in [-0.39, 0.29) is 54.4 Å². The molecule has 4 rings (SSSR count). The number of nitrogens with zero attached hydrogens (tertiary/aromatic N) is 2. The molecule has 0 aliphatic heterocycles. The van der Waals surface area contributed by atoms with E-state index in [4.69, 9.17) is 10.5 Å². The number of phenols is 1. The lowest BCUT2D eigenvalue weighted by Crippen LogP contribution is -2.65. The Labute approximate surface area is 243 Å². The minimum absolute atomic E-state index is 0.00953. The van der Waals surface area contributed by atoms with Gasteiger partial charge in [0.1, 0.15) is 22.8 Å². The fourth-order valence-corrected chi connectivity index (χ4v) is 6.34. The van der Waals surface area contributed by atoms with Crippen LogP contribution in [0.3, 0.4) is 0 Å². The number of carbonyl (C=O) groups excluding carboxylic acids is 4. The molecule has 0 heterocycles. The number of anilines is 1. The molecule has 7 N–H and O–H groups in total. The maximum absolute atomic E-state index is 14.0. The average Bonchev–Trinajstić information content (AvgIpc) is 2.88. The van der Waals surface area contributed by atoms with Gasteiger partial charge in [0.25, 0.3) is 5.91 Å². The number of nitrogens with two attached hydrogens (primary N) is 1. The highest BCUT2D eigenvalue weighted by molar-refractivity contribution is 6.24.